The Hall–Kier alpha value is -4.35. The van der Waals surface area contributed by atoms with E-state index in [4.69, 9.17) is 28.5 Å². The predicted molar refractivity (Wildman–Crippen MR) is 173 cm³/mol. The molecule has 2 aromatic carbocycles. The number of carbonyl (C=O) groups excluding carboxylic acids is 2. The van der Waals surface area contributed by atoms with Crippen molar-refractivity contribution in [3.63, 3.8) is 0 Å². The number of amidine groups is 1. The van der Waals surface area contributed by atoms with Gasteiger partial charge in [-0.1, -0.05) is 47.5 Å². The Bertz CT molecular complexity index is 1860. The van der Waals surface area contributed by atoms with Gasteiger partial charge in [-0.3, -0.25) is 9.59 Å². The average Bonchev–Trinajstić information content (AvgIpc) is 3.56. The summed E-state index contributed by atoms with van der Waals surface area (Å²) in [5.41, 5.74) is 3.10. The Balaban J connectivity index is 1.32. The lowest BCUT2D eigenvalue weighted by molar-refractivity contribution is -0.124. The third kappa shape index (κ3) is 6.34. The molecule has 4 heterocycles. The Morgan fingerprint density at radius 1 is 1.04 bits per heavy atom. The summed E-state index contributed by atoms with van der Waals surface area (Å²) in [6.45, 7) is -0.0905. The molecule has 1 N–H and O–H groups in total. The Morgan fingerprint density at radius 3 is 2.46 bits per heavy atom. The maximum atomic E-state index is 14.2. The standard InChI is InChI=1S/C31H28Cl2N8O4S/c32-23-11-24(33)13-25(12-23)39-18-29-38-16-26(46(44,45)41-9-1-2-27(41)30(42)37-8-7-34)17-40(29)28(31(39)43)10-20-3-5-21(6-4-20)22-14-35-19-36-15-22/h3-6,11-16,19,27-28H,1-2,8-10,17-18H2,(H,37,42)/t27-,28+/m0/s1. The van der Waals surface area contributed by atoms with Crippen molar-refractivity contribution in [1.82, 2.24) is 24.5 Å². The van der Waals surface area contributed by atoms with Crippen molar-refractivity contribution < 1.29 is 18.0 Å². The molecule has 12 nitrogen and oxygen atoms in total. The van der Waals surface area contributed by atoms with Crippen LogP contribution in [-0.4, -0.2) is 83.5 Å². The molecule has 2 saturated heterocycles. The minimum atomic E-state index is -4.13. The maximum Gasteiger partial charge on any atom is 0.250 e. The third-order valence-electron chi connectivity index (χ3n) is 8.17. The van der Waals surface area contributed by atoms with Crippen molar-refractivity contribution in [2.45, 2.75) is 31.3 Å². The molecule has 46 heavy (non-hydrogen) atoms. The lowest BCUT2D eigenvalue weighted by Crippen LogP contribution is -2.62. The highest BCUT2D eigenvalue weighted by atomic mass is 35.5. The molecular formula is C31H28Cl2N8O4S. The molecule has 236 valence electrons. The van der Waals surface area contributed by atoms with Gasteiger partial charge in [-0.05, 0) is 42.2 Å². The second-order valence-electron chi connectivity index (χ2n) is 11.0. The minimum absolute atomic E-state index is 0.0206. The normalized spacial score (nSPS) is 20.1. The van der Waals surface area contributed by atoms with Gasteiger partial charge in [0.05, 0.1) is 24.1 Å². The van der Waals surface area contributed by atoms with Gasteiger partial charge in [-0.15, -0.1) is 0 Å². The summed E-state index contributed by atoms with van der Waals surface area (Å²) in [4.78, 5) is 42.9. The van der Waals surface area contributed by atoms with E-state index < -0.39 is 28.0 Å². The number of carbonyl (C=O) groups is 2. The molecule has 2 fully saturated rings. The molecule has 3 aliphatic rings. The van der Waals surface area contributed by atoms with Gasteiger partial charge in [0.15, 0.2) is 0 Å². The first-order valence-corrected chi connectivity index (χ1v) is 16.7. The zero-order valence-corrected chi connectivity index (χ0v) is 26.7. The highest BCUT2D eigenvalue weighted by Crippen LogP contribution is 2.33. The molecule has 3 aliphatic heterocycles. The number of halogens is 2. The molecule has 0 unspecified atom stereocenters. The molecule has 2 amide bonds. The summed E-state index contributed by atoms with van der Waals surface area (Å²) >= 11 is 12.6. The van der Waals surface area contributed by atoms with Gasteiger partial charge in [0.1, 0.15) is 30.8 Å². The number of sulfonamides is 1. The van der Waals surface area contributed by atoms with Crippen LogP contribution in [-0.2, 0) is 26.0 Å². The van der Waals surface area contributed by atoms with E-state index in [9.17, 15) is 18.0 Å². The summed E-state index contributed by atoms with van der Waals surface area (Å²) in [6.07, 6.45) is 7.28. The van der Waals surface area contributed by atoms with E-state index in [0.717, 1.165) is 16.7 Å². The van der Waals surface area contributed by atoms with Crippen LogP contribution in [0.25, 0.3) is 11.1 Å². The van der Waals surface area contributed by atoms with Crippen molar-refractivity contribution in [1.29, 1.82) is 5.26 Å². The number of rotatable bonds is 8. The smallest absolute Gasteiger partial charge is 0.250 e. The van der Waals surface area contributed by atoms with Crippen LogP contribution in [0.3, 0.4) is 0 Å². The first kappa shape index (κ1) is 31.6. The quantitative estimate of drug-likeness (QED) is 0.356. The second kappa shape index (κ2) is 13.2. The summed E-state index contributed by atoms with van der Waals surface area (Å²) in [6, 6.07) is 12.6. The monoisotopic (exact) mass is 678 g/mol. The Labute approximate surface area is 276 Å². The molecule has 0 bridgehead atoms. The zero-order chi connectivity index (χ0) is 32.4. The number of nitrogens with one attached hydrogen (secondary N) is 1. The van der Waals surface area contributed by atoms with Crippen LogP contribution >= 0.6 is 23.2 Å². The summed E-state index contributed by atoms with van der Waals surface area (Å²) < 4.78 is 29.0. The zero-order valence-electron chi connectivity index (χ0n) is 24.4. The molecule has 15 heteroatoms. The molecule has 0 spiro atoms. The molecule has 1 aromatic heterocycles. The van der Waals surface area contributed by atoms with E-state index in [2.05, 4.69) is 20.3 Å². The van der Waals surface area contributed by atoms with Gasteiger partial charge in [0, 0.05) is 52.9 Å². The summed E-state index contributed by atoms with van der Waals surface area (Å²) in [5.74, 6) is -0.288. The molecular weight excluding hydrogens is 651 g/mol. The summed E-state index contributed by atoms with van der Waals surface area (Å²) in [5, 5.41) is 12.1. The van der Waals surface area contributed by atoms with E-state index in [0.29, 0.717) is 34.4 Å². The Morgan fingerprint density at radius 2 is 1.76 bits per heavy atom. The molecule has 0 saturated carbocycles. The minimum Gasteiger partial charge on any atom is -0.342 e. The number of nitriles is 1. The van der Waals surface area contributed by atoms with Crippen molar-refractivity contribution in [2.75, 3.05) is 31.1 Å². The number of benzene rings is 2. The van der Waals surface area contributed by atoms with Gasteiger partial charge in [-0.25, -0.2) is 23.4 Å². The van der Waals surface area contributed by atoms with Crippen molar-refractivity contribution in [3.8, 4) is 17.2 Å². The van der Waals surface area contributed by atoms with Crippen molar-refractivity contribution in [2.24, 2.45) is 4.99 Å². The number of hydrogen-bond acceptors (Lipinski definition) is 9. The predicted octanol–water partition coefficient (Wildman–Crippen LogP) is 3.40. The fraction of sp³-hybridized carbons (Fsp3) is 0.290. The first-order chi connectivity index (χ1) is 22.2. The van der Waals surface area contributed by atoms with Crippen LogP contribution in [0.4, 0.5) is 5.69 Å². The number of hydrogen-bond donors (Lipinski definition) is 1. The van der Waals surface area contributed by atoms with E-state index in [-0.39, 0.29) is 43.4 Å². The lowest BCUT2D eigenvalue weighted by Gasteiger charge is -2.44. The fourth-order valence-corrected chi connectivity index (χ4v) is 8.13. The van der Waals surface area contributed by atoms with Crippen LogP contribution in [0.15, 0.2) is 77.3 Å². The number of amides is 2. The number of piperazine rings is 1. The molecule has 2 atom stereocenters. The van der Waals surface area contributed by atoms with Gasteiger partial charge in [-0.2, -0.15) is 9.57 Å². The highest BCUT2D eigenvalue weighted by Gasteiger charge is 2.45. The SMILES string of the molecule is N#CCNC(=O)[C@@H]1CCCN1S(=O)(=O)C1=CN=C2CN(c3cc(Cl)cc(Cl)c3)C(=O)[C@@H](Cc3ccc(-c4cncnc4)cc3)N2C1. The van der Waals surface area contributed by atoms with E-state index in [1.54, 1.807) is 40.4 Å². The van der Waals surface area contributed by atoms with Gasteiger partial charge in [0.25, 0.3) is 5.91 Å². The molecule has 3 aromatic rings. The van der Waals surface area contributed by atoms with E-state index in [1.165, 1.54) is 16.8 Å². The number of fused-ring (bicyclic) bond motifs is 1. The Kier molecular flexibility index (Phi) is 9.06. The molecule has 0 aliphatic carbocycles. The number of nitrogens with zero attached hydrogens (tertiary/aromatic N) is 7. The van der Waals surface area contributed by atoms with Crippen molar-refractivity contribution in [3.05, 3.63) is 87.9 Å². The number of aliphatic imine (C=N–C) groups is 1. The topological polar surface area (TPSA) is 152 Å². The van der Waals surface area contributed by atoms with Crippen LogP contribution < -0.4 is 10.2 Å². The van der Waals surface area contributed by atoms with Gasteiger partial charge in [0.2, 0.25) is 15.9 Å². The van der Waals surface area contributed by atoms with Crippen molar-refractivity contribution >= 4 is 56.6 Å². The highest BCUT2D eigenvalue weighted by molar-refractivity contribution is 7.93. The first-order valence-electron chi connectivity index (χ1n) is 14.5. The molecule has 0 radical (unpaired) electrons. The maximum absolute atomic E-state index is 14.2. The largest absolute Gasteiger partial charge is 0.342 e. The van der Waals surface area contributed by atoms with E-state index in [1.807, 2.05) is 30.3 Å². The summed E-state index contributed by atoms with van der Waals surface area (Å²) in [7, 11) is -4.13. The van der Waals surface area contributed by atoms with Crippen LogP contribution in [0.2, 0.25) is 10.0 Å². The second-order valence-corrected chi connectivity index (χ2v) is 13.8. The fourth-order valence-electron chi connectivity index (χ4n) is 5.92. The van der Waals surface area contributed by atoms with Crippen LogP contribution in [0, 0.1) is 11.3 Å². The van der Waals surface area contributed by atoms with Crippen LogP contribution in [0.5, 0.6) is 0 Å². The van der Waals surface area contributed by atoms with E-state index >= 15 is 0 Å². The van der Waals surface area contributed by atoms with Crippen LogP contribution in [0.1, 0.15) is 18.4 Å². The number of aromatic nitrogens is 2. The van der Waals surface area contributed by atoms with Gasteiger partial charge >= 0.3 is 0 Å². The lowest BCUT2D eigenvalue weighted by atomic mass is 9.98. The third-order valence-corrected chi connectivity index (χ3v) is 10.6. The number of anilines is 1. The average molecular weight is 680 g/mol. The molecule has 6 rings (SSSR count). The van der Waals surface area contributed by atoms with Gasteiger partial charge < -0.3 is 15.1 Å².